The van der Waals surface area contributed by atoms with Crippen LogP contribution in [0.5, 0.6) is 0 Å². The van der Waals surface area contributed by atoms with Crippen LogP contribution in [0.4, 0.5) is 0 Å². The summed E-state index contributed by atoms with van der Waals surface area (Å²) in [5, 5.41) is 0. The number of rotatable bonds is 10. The van der Waals surface area contributed by atoms with Crippen molar-refractivity contribution in [3.63, 3.8) is 0 Å². The van der Waals surface area contributed by atoms with Crippen molar-refractivity contribution in [1.29, 1.82) is 0 Å². The van der Waals surface area contributed by atoms with E-state index in [1.807, 2.05) is 51.1 Å². The molecule has 0 bridgehead atoms. The largest absolute Gasteiger partial charge is 0.679 e. The second kappa shape index (κ2) is 9.04. The van der Waals surface area contributed by atoms with E-state index in [9.17, 15) is 0 Å². The molecule has 0 fully saturated rings. The quantitative estimate of drug-likeness (QED) is 0.620. The van der Waals surface area contributed by atoms with Gasteiger partial charge in [0.05, 0.1) is 6.61 Å². The zero-order valence-corrected chi connectivity index (χ0v) is 13.6. The third kappa shape index (κ3) is 5.18. The van der Waals surface area contributed by atoms with E-state index in [2.05, 4.69) is 6.58 Å². The van der Waals surface area contributed by atoms with Crippen LogP contribution in [0.2, 0.25) is 0 Å². The molecule has 0 spiro atoms. The van der Waals surface area contributed by atoms with Crippen molar-refractivity contribution < 1.29 is 17.7 Å². The maximum absolute atomic E-state index is 5.87. The SMILES string of the molecule is C=Cc1cccc(CO[Si](OCC)(OCC)OCC)c1. The molecule has 0 aliphatic rings. The minimum absolute atomic E-state index is 0.397. The Morgan fingerprint density at radius 3 is 2.10 bits per heavy atom. The van der Waals surface area contributed by atoms with Gasteiger partial charge in [0.1, 0.15) is 0 Å². The average molecular weight is 296 g/mol. The molecule has 0 aromatic heterocycles. The lowest BCUT2D eigenvalue weighted by atomic mass is 10.1. The topological polar surface area (TPSA) is 36.9 Å². The molecule has 20 heavy (non-hydrogen) atoms. The van der Waals surface area contributed by atoms with Gasteiger partial charge in [-0.3, -0.25) is 0 Å². The number of hydrogen-bond acceptors (Lipinski definition) is 4. The summed E-state index contributed by atoms with van der Waals surface area (Å²) in [5.41, 5.74) is 2.10. The molecule has 0 radical (unpaired) electrons. The van der Waals surface area contributed by atoms with Crippen LogP contribution in [0.15, 0.2) is 30.8 Å². The summed E-state index contributed by atoms with van der Waals surface area (Å²) >= 11 is 0. The fourth-order valence-corrected chi connectivity index (χ4v) is 3.67. The molecular formula is C15H24O4Si. The van der Waals surface area contributed by atoms with Gasteiger partial charge in [0.2, 0.25) is 0 Å². The molecule has 0 N–H and O–H groups in total. The lowest BCUT2D eigenvalue weighted by molar-refractivity contribution is -0.0319. The van der Waals surface area contributed by atoms with Gasteiger partial charge < -0.3 is 17.7 Å². The molecule has 0 unspecified atom stereocenters. The van der Waals surface area contributed by atoms with E-state index in [1.54, 1.807) is 0 Å². The number of hydrogen-bond donors (Lipinski definition) is 0. The van der Waals surface area contributed by atoms with Gasteiger partial charge in [-0.1, -0.05) is 30.9 Å². The van der Waals surface area contributed by atoms with Crippen LogP contribution in [0.25, 0.3) is 6.08 Å². The van der Waals surface area contributed by atoms with Gasteiger partial charge >= 0.3 is 9.05 Å². The molecule has 1 aromatic carbocycles. The first-order valence-corrected chi connectivity index (χ1v) is 8.60. The average Bonchev–Trinajstić information content (AvgIpc) is 2.46. The van der Waals surface area contributed by atoms with Crippen LogP contribution in [0.1, 0.15) is 31.9 Å². The molecule has 0 saturated heterocycles. The second-order valence-electron chi connectivity index (χ2n) is 4.04. The van der Waals surface area contributed by atoms with Gasteiger partial charge in [0.15, 0.2) is 0 Å². The van der Waals surface area contributed by atoms with E-state index in [0.29, 0.717) is 26.4 Å². The minimum Gasteiger partial charge on any atom is -0.351 e. The lowest BCUT2D eigenvalue weighted by Gasteiger charge is -2.26. The third-order valence-electron chi connectivity index (χ3n) is 2.57. The zero-order chi connectivity index (χ0) is 14.8. The molecule has 0 atom stereocenters. The molecule has 0 saturated carbocycles. The Balaban J connectivity index is 2.75. The maximum Gasteiger partial charge on any atom is 0.679 e. The number of benzene rings is 1. The Labute approximate surface area is 122 Å². The standard InChI is InChI=1S/C15H24O4Si/c1-5-14-10-9-11-15(12-14)13-19-20(16-6-2,17-7-3)18-8-4/h5,9-12H,1,6-8,13H2,2-4H3. The van der Waals surface area contributed by atoms with Crippen molar-refractivity contribution in [3.05, 3.63) is 42.0 Å². The predicted octanol–water partition coefficient (Wildman–Crippen LogP) is 3.39. The first kappa shape index (κ1) is 17.1. The van der Waals surface area contributed by atoms with Gasteiger partial charge in [-0.15, -0.1) is 0 Å². The van der Waals surface area contributed by atoms with Gasteiger partial charge in [-0.25, -0.2) is 0 Å². The molecule has 0 aliphatic heterocycles. The summed E-state index contributed by atoms with van der Waals surface area (Å²) in [5.74, 6) is 0. The molecule has 0 amide bonds. The van der Waals surface area contributed by atoms with Crippen LogP contribution in [-0.4, -0.2) is 28.9 Å². The van der Waals surface area contributed by atoms with Gasteiger partial charge in [-0.2, -0.15) is 0 Å². The summed E-state index contributed by atoms with van der Waals surface area (Å²) in [4.78, 5) is 0. The molecule has 5 heteroatoms. The van der Waals surface area contributed by atoms with Crippen molar-refractivity contribution >= 4 is 15.1 Å². The van der Waals surface area contributed by atoms with Crippen LogP contribution < -0.4 is 0 Å². The summed E-state index contributed by atoms with van der Waals surface area (Å²) < 4.78 is 22.8. The van der Waals surface area contributed by atoms with E-state index >= 15 is 0 Å². The molecule has 0 aliphatic carbocycles. The molecule has 112 valence electrons. The van der Waals surface area contributed by atoms with E-state index < -0.39 is 9.05 Å². The van der Waals surface area contributed by atoms with Gasteiger partial charge in [-0.05, 0) is 38.0 Å². The Hall–Kier alpha value is -0.983. The molecule has 1 aromatic rings. The fraction of sp³-hybridized carbons (Fsp3) is 0.467. The van der Waals surface area contributed by atoms with E-state index in [0.717, 1.165) is 11.1 Å². The third-order valence-corrected chi connectivity index (χ3v) is 4.99. The molecule has 1 rings (SSSR count). The van der Waals surface area contributed by atoms with Crippen LogP contribution >= 0.6 is 0 Å². The molecule has 4 nitrogen and oxygen atoms in total. The van der Waals surface area contributed by atoms with Gasteiger partial charge in [0.25, 0.3) is 0 Å². The second-order valence-corrected chi connectivity index (χ2v) is 6.19. The first-order chi connectivity index (χ1) is 9.69. The highest BCUT2D eigenvalue weighted by molar-refractivity contribution is 6.53. The summed E-state index contributed by atoms with van der Waals surface area (Å²) in [6.45, 7) is 11.4. The first-order valence-electron chi connectivity index (χ1n) is 6.96. The van der Waals surface area contributed by atoms with Crippen LogP contribution in [0, 0.1) is 0 Å². The Morgan fingerprint density at radius 1 is 1.00 bits per heavy atom. The lowest BCUT2D eigenvalue weighted by Crippen LogP contribution is -2.49. The van der Waals surface area contributed by atoms with Crippen LogP contribution in [0.3, 0.4) is 0 Å². The van der Waals surface area contributed by atoms with Crippen molar-refractivity contribution in [3.8, 4) is 0 Å². The van der Waals surface area contributed by atoms with E-state index in [-0.39, 0.29) is 0 Å². The van der Waals surface area contributed by atoms with Crippen LogP contribution in [-0.2, 0) is 24.3 Å². The summed E-state index contributed by atoms with van der Waals surface area (Å²) in [7, 11) is -3.03. The van der Waals surface area contributed by atoms with E-state index in [4.69, 9.17) is 17.7 Å². The Kier molecular flexibility index (Phi) is 7.72. The van der Waals surface area contributed by atoms with Gasteiger partial charge in [0, 0.05) is 19.8 Å². The smallest absolute Gasteiger partial charge is 0.351 e. The Bertz CT molecular complexity index is 392. The minimum atomic E-state index is -3.03. The maximum atomic E-state index is 5.87. The van der Waals surface area contributed by atoms with Crippen molar-refractivity contribution in [1.82, 2.24) is 0 Å². The molecule has 0 heterocycles. The predicted molar refractivity (Wildman–Crippen MR) is 82.0 cm³/mol. The van der Waals surface area contributed by atoms with Crippen molar-refractivity contribution in [2.24, 2.45) is 0 Å². The van der Waals surface area contributed by atoms with Crippen molar-refractivity contribution in [2.45, 2.75) is 27.4 Å². The highest BCUT2D eigenvalue weighted by atomic mass is 28.4. The highest BCUT2D eigenvalue weighted by Crippen LogP contribution is 2.16. The monoisotopic (exact) mass is 296 g/mol. The zero-order valence-electron chi connectivity index (χ0n) is 12.6. The highest BCUT2D eigenvalue weighted by Gasteiger charge is 2.44. The Morgan fingerprint density at radius 2 is 1.60 bits per heavy atom. The normalized spacial score (nSPS) is 11.6. The fourth-order valence-electron chi connectivity index (χ4n) is 1.76. The summed E-state index contributed by atoms with van der Waals surface area (Å²) in [6.07, 6.45) is 1.81. The molecular weight excluding hydrogens is 272 g/mol. The summed E-state index contributed by atoms with van der Waals surface area (Å²) in [6, 6.07) is 7.99. The van der Waals surface area contributed by atoms with Crippen molar-refractivity contribution in [2.75, 3.05) is 19.8 Å². The van der Waals surface area contributed by atoms with E-state index in [1.165, 1.54) is 0 Å².